The number of nitrogen functional groups attached to an aromatic ring is 1. The van der Waals surface area contributed by atoms with Crippen LogP contribution in [0.2, 0.25) is 0 Å². The van der Waals surface area contributed by atoms with Crippen molar-refractivity contribution in [3.63, 3.8) is 0 Å². The molecule has 8 atom stereocenters. The predicted octanol–water partition coefficient (Wildman–Crippen LogP) is 6.50. The number of hydrogen-bond acceptors (Lipinski definition) is 21. The highest BCUT2D eigenvalue weighted by molar-refractivity contribution is 7.47. The standard InChI is InChI=1S/C66H86N11O19P/c1-39(2)30-34-90-50-27-23-42-15-8-10-17-45(42)55(50)56-46-18-11-9-16-43(46)24-28-51(56)91-38-54(78)71-47(19-12-13-31-70-65(85)95-66(5,6)7)59(81)72-48(60(82)73-49(35-40(3)4)62(83)92-36-41-21-25-44(26-22-41)77(86)87)20-14-32-69-63(68)75-96-97(88,89)93-37-52-57(79)58(80)61(94-52)76-33-29-53(67)74-64(76)84/h8-11,15-18,21-29,33,39-40,47-49,52,57-58,61,79-80H,12-14,19-20,30-32,34-38H2,1-7H3,(H,70,85)(H,71,78)(H,72,81)(H,73,82)(H,88,89)(H2,67,74,84)(H3,68,69,75)/t47?,48?,49?,52-,57-,58-,61-/m1/s1. The number of nitro benzene ring substituents is 1. The van der Waals surface area contributed by atoms with E-state index in [0.717, 1.165) is 38.1 Å². The van der Waals surface area contributed by atoms with Crippen molar-refractivity contribution in [1.82, 2.24) is 36.3 Å². The van der Waals surface area contributed by atoms with Gasteiger partial charge in [0.2, 0.25) is 17.8 Å². The molecule has 7 rings (SSSR count). The summed E-state index contributed by atoms with van der Waals surface area (Å²) in [5.74, 6) is -2.79. The summed E-state index contributed by atoms with van der Waals surface area (Å²) < 4.78 is 53.0. The zero-order chi connectivity index (χ0) is 70.6. The number of nitro groups is 1. The second-order valence-electron chi connectivity index (χ2n) is 24.9. The molecule has 0 aliphatic carbocycles. The third-order valence-electron chi connectivity index (χ3n) is 15.1. The number of aromatic nitrogens is 2. The molecular weight excluding hydrogens is 1280 g/mol. The zero-order valence-electron chi connectivity index (χ0n) is 55.0. The van der Waals surface area contributed by atoms with Gasteiger partial charge in [0.1, 0.15) is 66.0 Å². The number of amides is 4. The smallest absolute Gasteiger partial charge is 0.493 e. The number of alkyl carbamates (subject to hydrolysis) is 1. The molecule has 1 aromatic heterocycles. The summed E-state index contributed by atoms with van der Waals surface area (Å²) in [5, 5.41) is 46.9. The number of carbonyl (C=O) groups excluding carboxylic acids is 5. The lowest BCUT2D eigenvalue weighted by Crippen LogP contribution is -2.56. The molecule has 1 saturated heterocycles. The summed E-state index contributed by atoms with van der Waals surface area (Å²) in [4.78, 5) is 111. The van der Waals surface area contributed by atoms with Gasteiger partial charge in [0.15, 0.2) is 12.8 Å². The van der Waals surface area contributed by atoms with E-state index in [1.165, 1.54) is 36.5 Å². The minimum absolute atomic E-state index is 0.0223. The van der Waals surface area contributed by atoms with Crippen LogP contribution in [0.15, 0.2) is 119 Å². The van der Waals surface area contributed by atoms with Gasteiger partial charge in [-0.1, -0.05) is 88.4 Å². The van der Waals surface area contributed by atoms with Crippen molar-refractivity contribution in [2.75, 3.05) is 38.6 Å². The molecule has 12 N–H and O–H groups in total. The lowest BCUT2D eigenvalue weighted by molar-refractivity contribution is -0.384. The molecule has 30 nitrogen and oxygen atoms in total. The van der Waals surface area contributed by atoms with Gasteiger partial charge in [0.25, 0.3) is 11.6 Å². The average molecular weight is 1370 g/mol. The van der Waals surface area contributed by atoms with Gasteiger partial charge in [0.05, 0.1) is 18.1 Å². The zero-order valence-corrected chi connectivity index (χ0v) is 55.9. The van der Waals surface area contributed by atoms with E-state index in [1.807, 2.05) is 72.2 Å². The number of phosphoric ester groups is 1. The number of aliphatic hydroxyl groups is 2. The van der Waals surface area contributed by atoms with Gasteiger partial charge in [-0.15, -0.1) is 0 Å². The van der Waals surface area contributed by atoms with Gasteiger partial charge in [-0.2, -0.15) is 9.61 Å². The number of nitrogens with one attached hydrogen (secondary N) is 5. The summed E-state index contributed by atoms with van der Waals surface area (Å²) in [5.41, 5.74) is 13.5. The predicted molar refractivity (Wildman–Crippen MR) is 358 cm³/mol. The van der Waals surface area contributed by atoms with Crippen molar-refractivity contribution < 1.29 is 81.4 Å². The highest BCUT2D eigenvalue weighted by atomic mass is 31.2. The number of benzene rings is 5. The van der Waals surface area contributed by atoms with Crippen LogP contribution in [-0.2, 0) is 53.7 Å². The summed E-state index contributed by atoms with van der Waals surface area (Å²) in [7, 11) is -5.07. The lowest BCUT2D eigenvalue weighted by Gasteiger charge is -2.26. The van der Waals surface area contributed by atoms with Gasteiger partial charge in [-0.05, 0) is 135 Å². The summed E-state index contributed by atoms with van der Waals surface area (Å²) >= 11 is 0. The van der Waals surface area contributed by atoms with Crippen molar-refractivity contribution in [1.29, 1.82) is 0 Å². The van der Waals surface area contributed by atoms with Crippen LogP contribution in [-0.4, -0.2) is 140 Å². The molecule has 5 aromatic carbocycles. The number of rotatable bonds is 34. The van der Waals surface area contributed by atoms with E-state index in [1.54, 1.807) is 40.7 Å². The quantitative estimate of drug-likeness (QED) is 0.00392. The number of aliphatic hydroxyl groups excluding tert-OH is 2. The van der Waals surface area contributed by atoms with E-state index < -0.39 is 116 Å². The molecule has 4 unspecified atom stereocenters. The summed E-state index contributed by atoms with van der Waals surface area (Å²) in [6.07, 6.45) is -4.64. The second-order valence-corrected chi connectivity index (χ2v) is 26.3. The normalized spacial score (nSPS) is 17.2. The van der Waals surface area contributed by atoms with Crippen LogP contribution in [0.3, 0.4) is 0 Å². The van der Waals surface area contributed by atoms with E-state index in [2.05, 4.69) is 45.1 Å². The Morgan fingerprint density at radius 2 is 1.39 bits per heavy atom. The number of guanidine groups is 1. The number of aliphatic imine (C=N–C) groups is 1. The third kappa shape index (κ3) is 22.7. The highest BCUT2D eigenvalue weighted by Gasteiger charge is 2.45. The number of unbranched alkanes of at least 4 members (excludes halogenated alkanes) is 1. The number of nitrogens with two attached hydrogens (primary N) is 2. The molecule has 0 bridgehead atoms. The fraction of sp³-hybridized carbons (Fsp3) is 0.455. The van der Waals surface area contributed by atoms with Crippen molar-refractivity contribution in [2.24, 2.45) is 22.6 Å². The number of fused-ring (bicyclic) bond motifs is 2. The first-order valence-corrected chi connectivity index (χ1v) is 33.2. The summed E-state index contributed by atoms with van der Waals surface area (Å²) in [6, 6.07) is 25.7. The van der Waals surface area contributed by atoms with E-state index in [-0.39, 0.29) is 69.2 Å². The van der Waals surface area contributed by atoms with Crippen LogP contribution in [0.1, 0.15) is 105 Å². The van der Waals surface area contributed by atoms with Crippen LogP contribution in [0.5, 0.6) is 11.5 Å². The monoisotopic (exact) mass is 1370 g/mol. The number of non-ortho nitro benzene ring substituents is 1. The summed E-state index contributed by atoms with van der Waals surface area (Å²) in [6.45, 7) is 11.6. The maximum atomic E-state index is 14.8. The van der Waals surface area contributed by atoms with E-state index >= 15 is 0 Å². The molecule has 1 fully saturated rings. The first-order valence-electron chi connectivity index (χ1n) is 31.7. The SMILES string of the molecule is CC(C)CCOc1ccc2ccccc2c1-c1c(OCC(=O)NC(CCCCNC(=O)OC(C)(C)C)C(=O)NC(CCCN=C(N)NOP(=O)(O)OC[C@H]2O[C@@H](n3ccc(N)nc3=O)[C@H](O)[C@@H]2O)C(=O)NC(CC(C)C)C(=O)OCc2ccc([N+](=O)[O-])cc2)ccc2ccccc12. The third-order valence-corrected chi connectivity index (χ3v) is 15.9. The van der Waals surface area contributed by atoms with Gasteiger partial charge in [0, 0.05) is 42.5 Å². The Morgan fingerprint density at radius 1 is 0.784 bits per heavy atom. The Morgan fingerprint density at radius 3 is 2.00 bits per heavy atom. The van der Waals surface area contributed by atoms with Crippen LogP contribution >= 0.6 is 7.82 Å². The van der Waals surface area contributed by atoms with Gasteiger partial charge in [-0.3, -0.25) is 38.6 Å². The Hall–Kier alpha value is -9.29. The van der Waals surface area contributed by atoms with Gasteiger partial charge < -0.3 is 71.5 Å². The maximum absolute atomic E-state index is 14.8. The Bertz CT molecular complexity index is 3850. The fourth-order valence-corrected chi connectivity index (χ4v) is 10.9. The number of anilines is 1. The molecular formula is C66H86N11O19P. The number of nitrogens with zero attached hydrogens (tertiary/aromatic N) is 4. The topological polar surface area (TPSA) is 430 Å². The number of esters is 1. The van der Waals surface area contributed by atoms with Gasteiger partial charge in [-0.25, -0.2) is 24.4 Å². The van der Waals surface area contributed by atoms with Gasteiger partial charge >= 0.3 is 25.6 Å². The largest absolute Gasteiger partial charge is 0.493 e. The molecule has 0 spiro atoms. The van der Waals surface area contributed by atoms with Crippen molar-refractivity contribution in [2.45, 2.75) is 148 Å². The maximum Gasteiger partial charge on any atom is 0.493 e. The molecule has 0 saturated carbocycles. The number of carbonyl (C=O) groups is 5. The molecule has 4 amide bonds. The molecule has 6 aromatic rings. The van der Waals surface area contributed by atoms with E-state index in [4.69, 9.17) is 44.3 Å². The second kappa shape index (κ2) is 35.1. The molecule has 0 radical (unpaired) electrons. The van der Waals surface area contributed by atoms with Crippen LogP contribution in [0, 0.1) is 22.0 Å². The first-order chi connectivity index (χ1) is 46.1. The first kappa shape index (κ1) is 75.1. The molecule has 97 heavy (non-hydrogen) atoms. The molecule has 2 heterocycles. The molecule has 1 aliphatic rings. The number of hydrogen-bond donors (Lipinski definition) is 10. The fourth-order valence-electron chi connectivity index (χ4n) is 10.3. The Balaban J connectivity index is 1.10. The number of phosphoric acid groups is 1. The van der Waals surface area contributed by atoms with Crippen molar-refractivity contribution in [3.05, 3.63) is 135 Å². The van der Waals surface area contributed by atoms with Crippen molar-refractivity contribution in [3.8, 4) is 22.6 Å². The van der Waals surface area contributed by atoms with Crippen molar-refractivity contribution >= 4 is 76.6 Å². The minimum atomic E-state index is -5.07. The number of hydroxylamine groups is 1. The Labute approximate surface area is 559 Å². The average Bonchev–Trinajstić information content (AvgIpc) is 1.27. The molecule has 1 aliphatic heterocycles. The molecule has 524 valence electrons. The number of ether oxygens (including phenoxy) is 5. The van der Waals surface area contributed by atoms with Crippen LogP contribution in [0.25, 0.3) is 32.7 Å². The molecule has 31 heteroatoms. The lowest BCUT2D eigenvalue weighted by atomic mass is 9.92. The van der Waals surface area contributed by atoms with E-state index in [0.29, 0.717) is 41.6 Å². The van der Waals surface area contributed by atoms with Crippen LogP contribution < -0.4 is 53.4 Å². The van der Waals surface area contributed by atoms with Crippen LogP contribution in [0.4, 0.5) is 16.3 Å². The minimum Gasteiger partial charge on any atom is -0.493 e. The highest BCUT2D eigenvalue weighted by Crippen LogP contribution is 2.46. The Kier molecular flexibility index (Phi) is 27.2. The van der Waals surface area contributed by atoms with E-state index in [9.17, 15) is 58.6 Å².